The molecule has 1 aliphatic heterocycles. The number of nitrogens with zero attached hydrogens (tertiary/aromatic N) is 4. The van der Waals surface area contributed by atoms with E-state index in [1.165, 1.54) is 28.7 Å². The van der Waals surface area contributed by atoms with Gasteiger partial charge in [0, 0.05) is 10.4 Å². The van der Waals surface area contributed by atoms with E-state index in [1.807, 2.05) is 41.0 Å². The van der Waals surface area contributed by atoms with Gasteiger partial charge in [0.1, 0.15) is 10.7 Å². The van der Waals surface area contributed by atoms with Crippen LogP contribution in [0.2, 0.25) is 0 Å². The maximum Gasteiger partial charge on any atom is 0.231 e. The van der Waals surface area contributed by atoms with E-state index in [1.54, 1.807) is 0 Å². The Labute approximate surface area is 159 Å². The highest BCUT2D eigenvalue weighted by Gasteiger charge is 2.26. The van der Waals surface area contributed by atoms with Crippen molar-refractivity contribution < 1.29 is 9.47 Å². The van der Waals surface area contributed by atoms with Crippen LogP contribution in [0.1, 0.15) is 41.9 Å². The first-order valence-electron chi connectivity index (χ1n) is 9.27. The molecule has 0 amide bonds. The van der Waals surface area contributed by atoms with Crippen LogP contribution in [0.5, 0.6) is 11.5 Å². The summed E-state index contributed by atoms with van der Waals surface area (Å²) in [5.74, 6) is 3.61. The van der Waals surface area contributed by atoms with Crippen LogP contribution in [-0.4, -0.2) is 26.4 Å². The predicted octanol–water partition coefficient (Wildman–Crippen LogP) is 4.48. The van der Waals surface area contributed by atoms with Crippen molar-refractivity contribution >= 4 is 27.2 Å². The lowest BCUT2D eigenvalue weighted by Crippen LogP contribution is -2.05. The monoisotopic (exact) mass is 378 g/mol. The first-order valence-corrected chi connectivity index (χ1v) is 10.1. The van der Waals surface area contributed by atoms with Gasteiger partial charge in [0.05, 0.1) is 5.39 Å². The van der Waals surface area contributed by atoms with E-state index < -0.39 is 0 Å². The van der Waals surface area contributed by atoms with Crippen molar-refractivity contribution in [2.45, 2.75) is 39.0 Å². The average Bonchev–Trinajstić information content (AvgIpc) is 3.37. The first kappa shape index (κ1) is 15.4. The highest BCUT2D eigenvalue weighted by molar-refractivity contribution is 7.19. The summed E-state index contributed by atoms with van der Waals surface area (Å²) in [6.07, 6.45) is 3.63. The van der Waals surface area contributed by atoms with E-state index in [9.17, 15) is 0 Å². The molecule has 0 spiro atoms. The maximum absolute atomic E-state index is 5.51. The second-order valence-corrected chi connectivity index (χ2v) is 8.39. The van der Waals surface area contributed by atoms with Gasteiger partial charge >= 0.3 is 0 Å². The van der Waals surface area contributed by atoms with Gasteiger partial charge in [-0.05, 0) is 55.9 Å². The fourth-order valence-corrected chi connectivity index (χ4v) is 5.62. The van der Waals surface area contributed by atoms with Gasteiger partial charge in [0.25, 0.3) is 0 Å². The Morgan fingerprint density at radius 3 is 3.00 bits per heavy atom. The molecule has 0 saturated carbocycles. The fourth-order valence-electron chi connectivity index (χ4n) is 4.24. The third-order valence-electron chi connectivity index (χ3n) is 5.57. The molecular weight excluding hydrogens is 360 g/mol. The zero-order valence-electron chi connectivity index (χ0n) is 15.2. The van der Waals surface area contributed by atoms with Crippen molar-refractivity contribution in [1.82, 2.24) is 19.6 Å². The van der Waals surface area contributed by atoms with Gasteiger partial charge in [-0.3, -0.25) is 0 Å². The van der Waals surface area contributed by atoms with E-state index in [-0.39, 0.29) is 6.79 Å². The molecule has 136 valence electrons. The largest absolute Gasteiger partial charge is 0.454 e. The molecule has 6 nitrogen and oxygen atoms in total. The summed E-state index contributed by atoms with van der Waals surface area (Å²) in [4.78, 5) is 12.3. The van der Waals surface area contributed by atoms with Crippen molar-refractivity contribution in [3.8, 4) is 22.9 Å². The standard InChI is InChI=1S/C20H18N4O2S/c1-10-4-3-5-15-16(10)17-19-22-18(23-24(19)11(2)21-20(17)27-15)12-6-7-13-14(8-12)26-9-25-13/h6-8,10H,3-5,9H2,1-2H3. The number of hydrogen-bond donors (Lipinski definition) is 0. The second-order valence-electron chi connectivity index (χ2n) is 7.31. The van der Waals surface area contributed by atoms with Crippen LogP contribution < -0.4 is 9.47 Å². The third kappa shape index (κ3) is 2.15. The molecule has 2 aliphatic rings. The summed E-state index contributed by atoms with van der Waals surface area (Å²) in [5, 5.41) is 5.95. The number of ether oxygens (including phenoxy) is 2. The van der Waals surface area contributed by atoms with E-state index in [4.69, 9.17) is 24.5 Å². The summed E-state index contributed by atoms with van der Waals surface area (Å²) >= 11 is 1.83. The molecule has 0 radical (unpaired) electrons. The highest BCUT2D eigenvalue weighted by Crippen LogP contribution is 2.43. The van der Waals surface area contributed by atoms with Gasteiger partial charge < -0.3 is 9.47 Å². The minimum absolute atomic E-state index is 0.264. The number of aromatic nitrogens is 4. The van der Waals surface area contributed by atoms with Gasteiger partial charge in [-0.25, -0.2) is 9.97 Å². The van der Waals surface area contributed by atoms with Gasteiger partial charge in [-0.15, -0.1) is 16.4 Å². The average molecular weight is 378 g/mol. The zero-order valence-corrected chi connectivity index (χ0v) is 16.0. The molecule has 7 heteroatoms. The van der Waals surface area contributed by atoms with Gasteiger partial charge in [0.15, 0.2) is 23.0 Å². The Hall–Kier alpha value is -2.67. The van der Waals surface area contributed by atoms with Crippen molar-refractivity contribution in [2.75, 3.05) is 6.79 Å². The lowest BCUT2D eigenvalue weighted by Gasteiger charge is -2.18. The van der Waals surface area contributed by atoms with Crippen LogP contribution in [0, 0.1) is 6.92 Å². The quantitative estimate of drug-likeness (QED) is 0.489. The van der Waals surface area contributed by atoms with Crippen LogP contribution in [0.25, 0.3) is 27.3 Å². The molecule has 1 atom stereocenters. The van der Waals surface area contributed by atoms with Gasteiger partial charge in [-0.1, -0.05) is 6.92 Å². The van der Waals surface area contributed by atoms with Crippen LogP contribution in [0.3, 0.4) is 0 Å². The van der Waals surface area contributed by atoms with E-state index >= 15 is 0 Å². The normalized spacial score (nSPS) is 18.4. The molecule has 1 unspecified atom stereocenters. The summed E-state index contributed by atoms with van der Waals surface area (Å²) < 4.78 is 12.8. The number of benzene rings is 1. The van der Waals surface area contributed by atoms with Crippen molar-refractivity contribution in [1.29, 1.82) is 0 Å². The Bertz CT molecular complexity index is 1230. The highest BCUT2D eigenvalue weighted by atomic mass is 32.1. The molecule has 6 rings (SSSR count). The Balaban J connectivity index is 1.62. The topological polar surface area (TPSA) is 61.5 Å². The summed E-state index contributed by atoms with van der Waals surface area (Å²) in [7, 11) is 0. The van der Waals surface area contributed by atoms with Crippen molar-refractivity contribution in [2.24, 2.45) is 0 Å². The molecular formula is C20H18N4O2S. The van der Waals surface area contributed by atoms with Gasteiger partial charge in [0.2, 0.25) is 6.79 Å². The molecule has 1 aromatic carbocycles. The number of aryl methyl sites for hydroxylation is 2. The first-order chi connectivity index (χ1) is 13.2. The Morgan fingerprint density at radius 2 is 2.07 bits per heavy atom. The number of hydrogen-bond acceptors (Lipinski definition) is 6. The zero-order chi connectivity index (χ0) is 18.1. The molecule has 3 aromatic heterocycles. The van der Waals surface area contributed by atoms with Crippen LogP contribution in [0.4, 0.5) is 0 Å². The van der Waals surface area contributed by atoms with E-state index in [0.29, 0.717) is 11.7 Å². The number of thiophene rings is 1. The Kier molecular flexibility index (Phi) is 3.09. The molecule has 27 heavy (non-hydrogen) atoms. The minimum atomic E-state index is 0.264. The van der Waals surface area contributed by atoms with Gasteiger partial charge in [-0.2, -0.15) is 4.52 Å². The van der Waals surface area contributed by atoms with E-state index in [0.717, 1.165) is 39.8 Å². The summed E-state index contributed by atoms with van der Waals surface area (Å²) in [6.45, 7) is 4.57. The fraction of sp³-hybridized carbons (Fsp3) is 0.350. The predicted molar refractivity (Wildman–Crippen MR) is 104 cm³/mol. The van der Waals surface area contributed by atoms with Crippen molar-refractivity contribution in [3.63, 3.8) is 0 Å². The molecule has 0 saturated heterocycles. The lowest BCUT2D eigenvalue weighted by molar-refractivity contribution is 0.174. The third-order valence-corrected chi connectivity index (χ3v) is 6.73. The molecule has 4 aromatic rings. The molecule has 0 bridgehead atoms. The van der Waals surface area contributed by atoms with Crippen molar-refractivity contribution in [3.05, 3.63) is 34.5 Å². The SMILES string of the molecule is Cc1nc2sc3c(c2c2nc(-c4ccc5c(c4)OCO5)nn12)C(C)CCC3. The van der Waals surface area contributed by atoms with Crippen LogP contribution >= 0.6 is 11.3 Å². The maximum atomic E-state index is 5.51. The number of fused-ring (bicyclic) bond motifs is 6. The van der Waals surface area contributed by atoms with E-state index in [2.05, 4.69) is 6.92 Å². The molecule has 0 fully saturated rings. The molecule has 4 heterocycles. The number of rotatable bonds is 1. The summed E-state index contributed by atoms with van der Waals surface area (Å²) in [5.41, 5.74) is 3.27. The summed E-state index contributed by atoms with van der Waals surface area (Å²) in [6, 6.07) is 5.84. The Morgan fingerprint density at radius 1 is 1.19 bits per heavy atom. The minimum Gasteiger partial charge on any atom is -0.454 e. The lowest BCUT2D eigenvalue weighted by atomic mass is 9.87. The molecule has 1 aliphatic carbocycles. The smallest absolute Gasteiger partial charge is 0.231 e. The van der Waals surface area contributed by atoms with Crippen LogP contribution in [0.15, 0.2) is 18.2 Å². The second kappa shape index (κ2) is 5.42. The molecule has 0 N–H and O–H groups in total. The van der Waals surface area contributed by atoms with Crippen LogP contribution in [-0.2, 0) is 6.42 Å².